The fourth-order valence-electron chi connectivity index (χ4n) is 2.46. The summed E-state index contributed by atoms with van der Waals surface area (Å²) in [7, 11) is 0. The van der Waals surface area contributed by atoms with Gasteiger partial charge >= 0.3 is 0 Å². The highest BCUT2D eigenvalue weighted by Crippen LogP contribution is 2.23. The first-order valence-electron chi connectivity index (χ1n) is 6.90. The van der Waals surface area contributed by atoms with E-state index >= 15 is 0 Å². The molecule has 0 atom stereocenters. The summed E-state index contributed by atoms with van der Waals surface area (Å²) in [6.07, 6.45) is 2.10. The summed E-state index contributed by atoms with van der Waals surface area (Å²) in [5, 5.41) is 7.79. The summed E-state index contributed by atoms with van der Waals surface area (Å²) in [5.41, 5.74) is 0.792. The summed E-state index contributed by atoms with van der Waals surface area (Å²) in [5.74, 6) is 0.128. The van der Waals surface area contributed by atoms with Gasteiger partial charge in [0.1, 0.15) is 0 Å². The minimum absolute atomic E-state index is 0.0541. The molecule has 0 N–H and O–H groups in total. The van der Waals surface area contributed by atoms with Crippen molar-refractivity contribution in [3.8, 4) is 11.5 Å². The van der Waals surface area contributed by atoms with Crippen LogP contribution < -0.4 is 0 Å². The molecule has 6 nitrogen and oxygen atoms in total. The number of Topliss-reactive ketones (excluding diaryl/α,β-unsaturated/α-hetero) is 1. The first kappa shape index (κ1) is 13.5. The van der Waals surface area contributed by atoms with E-state index in [-0.39, 0.29) is 17.6 Å². The standard InChI is InChI=1S/C15H15N3O3/c19-10-18-8-6-11(7-9-18)13(20)15-17-16-14(21-15)12-4-2-1-3-5-12/h1-5,10-11H,6-9H2. The lowest BCUT2D eigenvalue weighted by Crippen LogP contribution is -2.35. The summed E-state index contributed by atoms with van der Waals surface area (Å²) < 4.78 is 5.48. The van der Waals surface area contributed by atoms with Gasteiger partial charge in [-0.05, 0) is 25.0 Å². The molecule has 1 aromatic carbocycles. The van der Waals surface area contributed by atoms with Crippen LogP contribution in [0.4, 0.5) is 0 Å². The van der Waals surface area contributed by atoms with Crippen LogP contribution in [0.2, 0.25) is 0 Å². The first-order chi connectivity index (χ1) is 10.3. The Morgan fingerprint density at radius 2 is 1.90 bits per heavy atom. The molecule has 0 bridgehead atoms. The van der Waals surface area contributed by atoms with Crippen LogP contribution in [0.5, 0.6) is 0 Å². The van der Waals surface area contributed by atoms with E-state index in [2.05, 4.69) is 10.2 Å². The van der Waals surface area contributed by atoms with E-state index in [9.17, 15) is 9.59 Å². The maximum Gasteiger partial charge on any atom is 0.284 e. The van der Waals surface area contributed by atoms with Gasteiger partial charge in [0.25, 0.3) is 5.89 Å². The molecule has 3 rings (SSSR count). The highest BCUT2D eigenvalue weighted by molar-refractivity contribution is 5.93. The van der Waals surface area contributed by atoms with Crippen LogP contribution in [0.3, 0.4) is 0 Å². The molecular formula is C15H15N3O3. The molecule has 0 spiro atoms. The molecule has 2 aromatic rings. The van der Waals surface area contributed by atoms with E-state index in [4.69, 9.17) is 4.42 Å². The monoisotopic (exact) mass is 285 g/mol. The fourth-order valence-corrected chi connectivity index (χ4v) is 2.46. The predicted molar refractivity (Wildman–Crippen MR) is 74.4 cm³/mol. The van der Waals surface area contributed by atoms with Gasteiger partial charge in [0.15, 0.2) is 0 Å². The van der Waals surface area contributed by atoms with Crippen LogP contribution >= 0.6 is 0 Å². The van der Waals surface area contributed by atoms with Crippen LogP contribution in [0.1, 0.15) is 23.5 Å². The van der Waals surface area contributed by atoms with E-state index < -0.39 is 0 Å². The van der Waals surface area contributed by atoms with Gasteiger partial charge in [0.2, 0.25) is 18.1 Å². The third-order valence-electron chi connectivity index (χ3n) is 3.71. The van der Waals surface area contributed by atoms with Crippen molar-refractivity contribution in [2.45, 2.75) is 12.8 Å². The first-order valence-corrected chi connectivity index (χ1v) is 6.90. The van der Waals surface area contributed by atoms with Crippen molar-refractivity contribution in [1.29, 1.82) is 0 Å². The smallest absolute Gasteiger partial charge is 0.284 e. The highest BCUT2D eigenvalue weighted by atomic mass is 16.4. The number of rotatable bonds is 4. The number of nitrogens with zero attached hydrogens (tertiary/aromatic N) is 3. The molecule has 108 valence electrons. The topological polar surface area (TPSA) is 76.3 Å². The third-order valence-corrected chi connectivity index (χ3v) is 3.71. The van der Waals surface area contributed by atoms with E-state index in [1.54, 1.807) is 4.90 Å². The highest BCUT2D eigenvalue weighted by Gasteiger charge is 2.28. The van der Waals surface area contributed by atoms with Crippen LogP contribution in [0.15, 0.2) is 34.7 Å². The molecule has 1 aromatic heterocycles. The zero-order valence-electron chi connectivity index (χ0n) is 11.4. The molecule has 2 heterocycles. The van der Waals surface area contributed by atoms with Crippen molar-refractivity contribution in [2.75, 3.05) is 13.1 Å². The fraction of sp³-hybridized carbons (Fsp3) is 0.333. The zero-order valence-corrected chi connectivity index (χ0v) is 11.4. The Morgan fingerprint density at radius 1 is 1.19 bits per heavy atom. The Morgan fingerprint density at radius 3 is 2.57 bits per heavy atom. The predicted octanol–water partition coefficient (Wildman–Crippen LogP) is 1.79. The number of hydrogen-bond donors (Lipinski definition) is 0. The van der Waals surface area contributed by atoms with E-state index in [1.807, 2.05) is 30.3 Å². The normalized spacial score (nSPS) is 15.9. The number of carbonyl (C=O) groups excluding carboxylic acids is 2. The van der Waals surface area contributed by atoms with Gasteiger partial charge < -0.3 is 9.32 Å². The van der Waals surface area contributed by atoms with E-state index in [1.165, 1.54) is 0 Å². The Labute approximate surface area is 121 Å². The molecule has 1 fully saturated rings. The molecular weight excluding hydrogens is 270 g/mol. The maximum atomic E-state index is 12.3. The summed E-state index contributed by atoms with van der Waals surface area (Å²) >= 11 is 0. The molecule has 0 unspecified atom stereocenters. The third kappa shape index (κ3) is 2.84. The SMILES string of the molecule is O=CN1CCC(C(=O)c2nnc(-c3ccccc3)o2)CC1. The van der Waals surface area contributed by atoms with E-state index in [0.29, 0.717) is 31.8 Å². The summed E-state index contributed by atoms with van der Waals surface area (Å²) in [6.45, 7) is 1.19. The lowest BCUT2D eigenvalue weighted by molar-refractivity contribution is -0.119. The average molecular weight is 285 g/mol. The second kappa shape index (κ2) is 5.87. The van der Waals surface area contributed by atoms with Crippen molar-refractivity contribution in [3.05, 3.63) is 36.2 Å². The summed E-state index contributed by atoms with van der Waals surface area (Å²) in [4.78, 5) is 24.7. The van der Waals surface area contributed by atoms with Crippen LogP contribution in [-0.2, 0) is 4.79 Å². The minimum atomic E-state index is -0.148. The van der Waals surface area contributed by atoms with Gasteiger partial charge in [-0.2, -0.15) is 0 Å². The molecule has 1 saturated heterocycles. The van der Waals surface area contributed by atoms with Crippen molar-refractivity contribution in [3.63, 3.8) is 0 Å². The Balaban J connectivity index is 1.72. The van der Waals surface area contributed by atoms with Gasteiger partial charge in [-0.3, -0.25) is 9.59 Å². The summed E-state index contributed by atoms with van der Waals surface area (Å²) in [6, 6.07) is 9.34. The molecule has 0 saturated carbocycles. The largest absolute Gasteiger partial charge is 0.414 e. The number of ketones is 1. The molecule has 1 amide bonds. The average Bonchev–Trinajstić information content (AvgIpc) is 3.05. The minimum Gasteiger partial charge on any atom is -0.414 e. The van der Waals surface area contributed by atoms with Crippen molar-refractivity contribution in [2.24, 2.45) is 5.92 Å². The van der Waals surface area contributed by atoms with Gasteiger partial charge in [-0.25, -0.2) is 0 Å². The van der Waals surface area contributed by atoms with Crippen LogP contribution in [0.25, 0.3) is 11.5 Å². The van der Waals surface area contributed by atoms with Gasteiger partial charge in [-0.15, -0.1) is 10.2 Å². The number of amides is 1. The lowest BCUT2D eigenvalue weighted by atomic mass is 9.93. The van der Waals surface area contributed by atoms with Crippen LogP contribution in [0, 0.1) is 5.92 Å². The number of benzene rings is 1. The second-order valence-corrected chi connectivity index (χ2v) is 5.06. The molecule has 0 radical (unpaired) electrons. The van der Waals surface area contributed by atoms with Gasteiger partial charge in [0, 0.05) is 24.6 Å². The lowest BCUT2D eigenvalue weighted by Gasteiger charge is -2.27. The second-order valence-electron chi connectivity index (χ2n) is 5.06. The number of likely N-dealkylation sites (tertiary alicyclic amines) is 1. The van der Waals surface area contributed by atoms with Gasteiger partial charge in [0.05, 0.1) is 0 Å². The number of carbonyl (C=O) groups is 2. The zero-order chi connectivity index (χ0) is 14.7. The quantitative estimate of drug-likeness (QED) is 0.632. The molecule has 1 aliphatic heterocycles. The molecule has 6 heteroatoms. The number of aromatic nitrogens is 2. The number of piperidine rings is 1. The maximum absolute atomic E-state index is 12.3. The Hall–Kier alpha value is -2.50. The van der Waals surface area contributed by atoms with Crippen molar-refractivity contribution < 1.29 is 14.0 Å². The Bertz CT molecular complexity index is 631. The van der Waals surface area contributed by atoms with Crippen LogP contribution in [-0.4, -0.2) is 40.4 Å². The number of hydrogen-bond acceptors (Lipinski definition) is 5. The Kier molecular flexibility index (Phi) is 3.77. The molecule has 1 aliphatic rings. The van der Waals surface area contributed by atoms with Crippen molar-refractivity contribution >= 4 is 12.2 Å². The van der Waals surface area contributed by atoms with Crippen molar-refractivity contribution in [1.82, 2.24) is 15.1 Å². The molecule has 21 heavy (non-hydrogen) atoms. The molecule has 0 aliphatic carbocycles. The van der Waals surface area contributed by atoms with E-state index in [0.717, 1.165) is 12.0 Å². The van der Waals surface area contributed by atoms with Gasteiger partial charge in [-0.1, -0.05) is 18.2 Å².